The van der Waals surface area contributed by atoms with E-state index in [0.29, 0.717) is 31.1 Å². The Hall–Kier alpha value is -1.44. The van der Waals surface area contributed by atoms with Crippen LogP contribution < -0.4 is 0 Å². The van der Waals surface area contributed by atoms with Gasteiger partial charge in [0.2, 0.25) is 10.0 Å². The second kappa shape index (κ2) is 6.82. The summed E-state index contributed by atoms with van der Waals surface area (Å²) in [6.07, 6.45) is 0. The van der Waals surface area contributed by atoms with Crippen LogP contribution >= 0.6 is 0 Å². The monoisotopic (exact) mass is 354 g/mol. The Morgan fingerprint density at radius 3 is 1.92 bits per heavy atom. The van der Waals surface area contributed by atoms with Crippen LogP contribution in [0, 0.1) is 27.7 Å². The quantitative estimate of drug-likeness (QED) is 0.890. The average molecular weight is 354 g/mol. The number of sulfonamides is 1. The molecule has 1 aromatic rings. The number of hydrogen-bond acceptors (Lipinski definition) is 4. The van der Waals surface area contributed by atoms with E-state index < -0.39 is 22.0 Å². The van der Waals surface area contributed by atoms with Gasteiger partial charge in [-0.3, -0.25) is 9.69 Å². The Morgan fingerprint density at radius 2 is 1.50 bits per heavy atom. The molecule has 1 aromatic carbocycles. The molecule has 7 heteroatoms. The van der Waals surface area contributed by atoms with Crippen LogP contribution in [0.5, 0.6) is 0 Å². The minimum absolute atomic E-state index is 0.311. The van der Waals surface area contributed by atoms with Crippen LogP contribution in [0.25, 0.3) is 0 Å². The number of piperazine rings is 1. The molecule has 0 saturated carbocycles. The summed E-state index contributed by atoms with van der Waals surface area (Å²) in [6.45, 7) is 10.6. The topological polar surface area (TPSA) is 77.9 Å². The predicted octanol–water partition coefficient (Wildman–Crippen LogP) is 1.70. The molecule has 1 atom stereocenters. The van der Waals surface area contributed by atoms with Crippen LogP contribution in [-0.4, -0.2) is 60.9 Å². The van der Waals surface area contributed by atoms with Crippen molar-refractivity contribution < 1.29 is 18.3 Å². The summed E-state index contributed by atoms with van der Waals surface area (Å²) < 4.78 is 27.7. The fraction of sp³-hybridized carbons (Fsp3) is 0.588. The second-order valence-electron chi connectivity index (χ2n) is 6.54. The maximum atomic E-state index is 13.1. The third-order valence-electron chi connectivity index (χ3n) is 5.07. The van der Waals surface area contributed by atoms with Gasteiger partial charge in [0.05, 0.1) is 4.90 Å². The van der Waals surface area contributed by atoms with Crippen LogP contribution in [-0.2, 0) is 14.8 Å². The Balaban J connectivity index is 2.30. The van der Waals surface area contributed by atoms with E-state index in [4.69, 9.17) is 5.11 Å². The third-order valence-corrected chi connectivity index (χ3v) is 7.25. The zero-order valence-electron chi connectivity index (χ0n) is 15.0. The molecule has 1 fully saturated rings. The van der Waals surface area contributed by atoms with Gasteiger partial charge in [-0.1, -0.05) is 6.07 Å². The second-order valence-corrected chi connectivity index (χ2v) is 8.42. The van der Waals surface area contributed by atoms with Gasteiger partial charge in [-0.05, 0) is 56.9 Å². The first-order valence-electron chi connectivity index (χ1n) is 8.11. The highest BCUT2D eigenvalue weighted by Crippen LogP contribution is 2.29. The number of nitrogens with zero attached hydrogens (tertiary/aromatic N) is 2. The van der Waals surface area contributed by atoms with E-state index in [2.05, 4.69) is 0 Å². The van der Waals surface area contributed by atoms with Gasteiger partial charge in [0.15, 0.2) is 0 Å². The lowest BCUT2D eigenvalue weighted by Crippen LogP contribution is -2.53. The SMILES string of the molecule is Cc1cc(C)c(C)c(S(=O)(=O)N2CCN(C(C)C(=O)O)CC2)c1C. The zero-order valence-corrected chi connectivity index (χ0v) is 15.8. The van der Waals surface area contributed by atoms with Crippen LogP contribution in [0.4, 0.5) is 0 Å². The van der Waals surface area contributed by atoms with E-state index in [0.717, 1.165) is 22.3 Å². The summed E-state index contributed by atoms with van der Waals surface area (Å²) in [5.41, 5.74) is 3.52. The summed E-state index contributed by atoms with van der Waals surface area (Å²) in [4.78, 5) is 13.3. The maximum Gasteiger partial charge on any atom is 0.320 e. The van der Waals surface area contributed by atoms with E-state index in [1.54, 1.807) is 11.8 Å². The molecule has 0 aliphatic carbocycles. The van der Waals surface area contributed by atoms with Gasteiger partial charge >= 0.3 is 5.97 Å². The number of rotatable bonds is 4. The van der Waals surface area contributed by atoms with E-state index in [1.807, 2.05) is 33.8 Å². The van der Waals surface area contributed by atoms with Gasteiger partial charge < -0.3 is 5.11 Å². The van der Waals surface area contributed by atoms with E-state index >= 15 is 0 Å². The molecule has 1 heterocycles. The Labute approximate surface area is 144 Å². The van der Waals surface area contributed by atoms with Crippen molar-refractivity contribution in [3.8, 4) is 0 Å². The molecular weight excluding hydrogens is 328 g/mol. The highest BCUT2D eigenvalue weighted by atomic mass is 32.2. The molecule has 2 rings (SSSR count). The molecule has 0 bridgehead atoms. The summed E-state index contributed by atoms with van der Waals surface area (Å²) in [5, 5.41) is 9.10. The minimum Gasteiger partial charge on any atom is -0.480 e. The van der Waals surface area contributed by atoms with Gasteiger partial charge in [-0.25, -0.2) is 8.42 Å². The molecule has 0 spiro atoms. The van der Waals surface area contributed by atoms with Crippen molar-refractivity contribution in [2.24, 2.45) is 0 Å². The third kappa shape index (κ3) is 3.34. The molecule has 1 aliphatic heterocycles. The minimum atomic E-state index is -3.58. The summed E-state index contributed by atoms with van der Waals surface area (Å²) in [6, 6.07) is 1.41. The fourth-order valence-corrected chi connectivity index (χ4v) is 5.18. The molecule has 6 nitrogen and oxygen atoms in total. The number of aliphatic carboxylic acids is 1. The van der Waals surface area contributed by atoms with Crippen LogP contribution in [0.1, 0.15) is 29.2 Å². The van der Waals surface area contributed by atoms with Crippen molar-refractivity contribution >= 4 is 16.0 Å². The number of benzene rings is 1. The summed E-state index contributed by atoms with van der Waals surface area (Å²) in [5.74, 6) is -0.882. The van der Waals surface area contributed by atoms with Gasteiger partial charge in [0.25, 0.3) is 0 Å². The van der Waals surface area contributed by atoms with Crippen molar-refractivity contribution in [2.75, 3.05) is 26.2 Å². The summed E-state index contributed by atoms with van der Waals surface area (Å²) in [7, 11) is -3.58. The van der Waals surface area contributed by atoms with Crippen LogP contribution in [0.3, 0.4) is 0 Å². The lowest BCUT2D eigenvalue weighted by atomic mass is 10.0. The summed E-state index contributed by atoms with van der Waals surface area (Å²) >= 11 is 0. The standard InChI is InChI=1S/C17H26N2O4S/c1-11-10-12(2)14(4)16(13(11)3)24(22,23)19-8-6-18(7-9-19)15(5)17(20)21/h10,15H,6-9H2,1-5H3,(H,20,21). The normalized spacial score (nSPS) is 18.5. The van der Waals surface area contributed by atoms with Crippen molar-refractivity contribution in [2.45, 2.75) is 45.6 Å². The lowest BCUT2D eigenvalue weighted by Gasteiger charge is -2.36. The number of carboxylic acid groups (broad SMARTS) is 1. The molecule has 0 aromatic heterocycles. The molecular formula is C17H26N2O4S. The molecule has 1 N–H and O–H groups in total. The molecule has 0 radical (unpaired) electrons. The molecule has 134 valence electrons. The van der Waals surface area contributed by atoms with Crippen LogP contribution in [0.2, 0.25) is 0 Å². The van der Waals surface area contributed by atoms with Crippen molar-refractivity contribution in [1.29, 1.82) is 0 Å². The van der Waals surface area contributed by atoms with Gasteiger partial charge in [-0.15, -0.1) is 0 Å². The first kappa shape index (κ1) is 18.9. The van der Waals surface area contributed by atoms with E-state index in [-0.39, 0.29) is 0 Å². The molecule has 0 amide bonds. The molecule has 1 unspecified atom stereocenters. The Bertz CT molecular complexity index is 724. The van der Waals surface area contributed by atoms with Crippen molar-refractivity contribution in [1.82, 2.24) is 9.21 Å². The fourth-order valence-electron chi connectivity index (χ4n) is 3.18. The van der Waals surface area contributed by atoms with Gasteiger partial charge in [0.1, 0.15) is 6.04 Å². The van der Waals surface area contributed by atoms with Gasteiger partial charge in [-0.2, -0.15) is 4.31 Å². The smallest absolute Gasteiger partial charge is 0.320 e. The van der Waals surface area contributed by atoms with Gasteiger partial charge in [0, 0.05) is 26.2 Å². The van der Waals surface area contributed by atoms with Crippen molar-refractivity contribution in [3.63, 3.8) is 0 Å². The van der Waals surface area contributed by atoms with Crippen LogP contribution in [0.15, 0.2) is 11.0 Å². The lowest BCUT2D eigenvalue weighted by molar-refractivity contribution is -0.143. The first-order chi connectivity index (χ1) is 11.1. The molecule has 1 aliphatic rings. The zero-order chi connectivity index (χ0) is 18.2. The number of hydrogen-bond donors (Lipinski definition) is 1. The number of carboxylic acids is 1. The highest BCUT2D eigenvalue weighted by Gasteiger charge is 2.33. The maximum absolute atomic E-state index is 13.1. The van der Waals surface area contributed by atoms with Crippen molar-refractivity contribution in [3.05, 3.63) is 28.3 Å². The molecule has 1 saturated heterocycles. The first-order valence-corrected chi connectivity index (χ1v) is 9.55. The molecule has 24 heavy (non-hydrogen) atoms. The Morgan fingerprint density at radius 1 is 1.04 bits per heavy atom. The highest BCUT2D eigenvalue weighted by molar-refractivity contribution is 7.89. The van der Waals surface area contributed by atoms with E-state index in [1.165, 1.54) is 4.31 Å². The number of aryl methyl sites for hydroxylation is 2. The average Bonchev–Trinajstić information content (AvgIpc) is 2.52. The number of carbonyl (C=O) groups is 1. The largest absolute Gasteiger partial charge is 0.480 e. The predicted molar refractivity (Wildman–Crippen MR) is 92.8 cm³/mol. The Kier molecular flexibility index (Phi) is 5.37. The van der Waals surface area contributed by atoms with E-state index in [9.17, 15) is 13.2 Å².